The maximum absolute atomic E-state index is 12.0. The zero-order chi connectivity index (χ0) is 12.3. The van der Waals surface area contributed by atoms with Gasteiger partial charge in [0, 0.05) is 15.1 Å². The lowest BCUT2D eigenvalue weighted by Crippen LogP contribution is -2.30. The minimum Gasteiger partial charge on any atom is -0.352 e. The van der Waals surface area contributed by atoms with E-state index in [0.717, 1.165) is 29.6 Å². The molecule has 0 radical (unpaired) electrons. The summed E-state index contributed by atoms with van der Waals surface area (Å²) >= 11 is 8.04. The summed E-state index contributed by atoms with van der Waals surface area (Å²) in [5.74, 6) is 0.514. The molecule has 1 aromatic rings. The highest BCUT2D eigenvalue weighted by Gasteiger charge is 2.16. The van der Waals surface area contributed by atoms with Gasteiger partial charge in [-0.15, -0.1) is 0 Å². The Balaban J connectivity index is 1.96. The van der Waals surface area contributed by atoms with E-state index in [9.17, 15) is 4.79 Å². The van der Waals surface area contributed by atoms with Crippen molar-refractivity contribution in [3.63, 3.8) is 0 Å². The summed E-state index contributed by atoms with van der Waals surface area (Å²) in [7, 11) is 0. The van der Waals surface area contributed by atoms with Gasteiger partial charge in [-0.05, 0) is 66.2 Å². The van der Waals surface area contributed by atoms with Crippen molar-refractivity contribution >= 4 is 40.1 Å². The van der Waals surface area contributed by atoms with Gasteiger partial charge in [-0.3, -0.25) is 4.79 Å². The largest absolute Gasteiger partial charge is 0.352 e. The molecular formula is C12H14ClIN2O. The quantitative estimate of drug-likeness (QED) is 0.808. The molecule has 1 aliphatic rings. The molecule has 17 heavy (non-hydrogen) atoms. The fourth-order valence-corrected chi connectivity index (χ4v) is 2.64. The van der Waals surface area contributed by atoms with E-state index in [1.54, 1.807) is 12.1 Å². The van der Waals surface area contributed by atoms with Crippen molar-refractivity contribution in [2.75, 3.05) is 19.6 Å². The molecule has 1 aliphatic heterocycles. The third kappa shape index (κ3) is 3.56. The van der Waals surface area contributed by atoms with Gasteiger partial charge in [0.05, 0.1) is 5.56 Å². The summed E-state index contributed by atoms with van der Waals surface area (Å²) < 4.78 is 0.925. The lowest BCUT2D eigenvalue weighted by atomic mass is 10.1. The molecule has 1 atom stereocenters. The van der Waals surface area contributed by atoms with Crippen molar-refractivity contribution in [2.45, 2.75) is 6.42 Å². The number of amides is 1. The van der Waals surface area contributed by atoms with E-state index >= 15 is 0 Å². The van der Waals surface area contributed by atoms with Gasteiger partial charge in [0.25, 0.3) is 5.91 Å². The summed E-state index contributed by atoms with van der Waals surface area (Å²) in [5, 5.41) is 6.84. The number of halogens is 2. The van der Waals surface area contributed by atoms with Crippen molar-refractivity contribution in [1.82, 2.24) is 10.6 Å². The molecule has 0 spiro atoms. The van der Waals surface area contributed by atoms with Crippen LogP contribution in [0, 0.1) is 9.49 Å². The first kappa shape index (κ1) is 13.1. The van der Waals surface area contributed by atoms with Gasteiger partial charge in [-0.2, -0.15) is 0 Å². The Morgan fingerprint density at radius 2 is 2.41 bits per heavy atom. The summed E-state index contributed by atoms with van der Waals surface area (Å²) in [5.41, 5.74) is 0.657. The van der Waals surface area contributed by atoms with E-state index in [4.69, 9.17) is 11.6 Å². The van der Waals surface area contributed by atoms with Crippen LogP contribution in [0.2, 0.25) is 5.02 Å². The maximum Gasteiger partial charge on any atom is 0.252 e. The molecule has 5 heteroatoms. The van der Waals surface area contributed by atoms with Crippen LogP contribution in [0.1, 0.15) is 16.8 Å². The summed E-state index contributed by atoms with van der Waals surface area (Å²) in [4.78, 5) is 12.0. The van der Waals surface area contributed by atoms with E-state index in [1.807, 2.05) is 6.07 Å². The Bertz CT molecular complexity index is 419. The lowest BCUT2D eigenvalue weighted by Gasteiger charge is -2.11. The Kier molecular flexibility index (Phi) is 4.64. The van der Waals surface area contributed by atoms with Gasteiger partial charge in [0.1, 0.15) is 0 Å². The van der Waals surface area contributed by atoms with Crippen LogP contribution in [0.5, 0.6) is 0 Å². The highest BCUT2D eigenvalue weighted by molar-refractivity contribution is 14.1. The number of rotatable bonds is 3. The highest BCUT2D eigenvalue weighted by atomic mass is 127. The van der Waals surface area contributed by atoms with Crippen LogP contribution in [0.3, 0.4) is 0 Å². The SMILES string of the molecule is O=C(NCC1CCNC1)c1cc(Cl)ccc1I. The Hall–Kier alpha value is -0.330. The first-order valence-electron chi connectivity index (χ1n) is 5.61. The van der Waals surface area contributed by atoms with Gasteiger partial charge >= 0.3 is 0 Å². The predicted molar refractivity (Wildman–Crippen MR) is 77.5 cm³/mol. The smallest absolute Gasteiger partial charge is 0.252 e. The molecule has 3 nitrogen and oxygen atoms in total. The second kappa shape index (κ2) is 6.02. The van der Waals surface area contributed by atoms with E-state index in [1.165, 1.54) is 0 Å². The van der Waals surface area contributed by atoms with Gasteiger partial charge in [0.15, 0.2) is 0 Å². The van der Waals surface area contributed by atoms with Gasteiger partial charge in [-0.1, -0.05) is 11.6 Å². The second-order valence-corrected chi connectivity index (χ2v) is 5.79. The van der Waals surface area contributed by atoms with Crippen LogP contribution in [-0.4, -0.2) is 25.5 Å². The molecule has 1 amide bonds. The number of hydrogen-bond acceptors (Lipinski definition) is 2. The molecule has 1 aromatic carbocycles. The number of carbonyl (C=O) groups excluding carboxylic acids is 1. The van der Waals surface area contributed by atoms with Gasteiger partial charge in [0.2, 0.25) is 0 Å². The Morgan fingerprint density at radius 3 is 3.12 bits per heavy atom. The van der Waals surface area contributed by atoms with Gasteiger partial charge in [-0.25, -0.2) is 0 Å². The maximum atomic E-state index is 12.0. The topological polar surface area (TPSA) is 41.1 Å². The normalized spacial score (nSPS) is 19.3. The van der Waals surface area contributed by atoms with Crippen LogP contribution < -0.4 is 10.6 Å². The van der Waals surface area contributed by atoms with E-state index in [-0.39, 0.29) is 5.91 Å². The van der Waals surface area contributed by atoms with Crippen molar-refractivity contribution in [2.24, 2.45) is 5.92 Å². The molecule has 1 unspecified atom stereocenters. The van der Waals surface area contributed by atoms with Crippen LogP contribution >= 0.6 is 34.2 Å². The van der Waals surface area contributed by atoms with Crippen molar-refractivity contribution in [1.29, 1.82) is 0 Å². The molecule has 1 fully saturated rings. The summed E-state index contributed by atoms with van der Waals surface area (Å²) in [6.07, 6.45) is 1.13. The fraction of sp³-hybridized carbons (Fsp3) is 0.417. The van der Waals surface area contributed by atoms with Crippen molar-refractivity contribution in [3.05, 3.63) is 32.4 Å². The standard InChI is InChI=1S/C12H14ClIN2O/c13-9-1-2-11(14)10(5-9)12(17)16-7-8-3-4-15-6-8/h1-2,5,8,15H,3-4,6-7H2,(H,16,17). The van der Waals surface area contributed by atoms with Crippen molar-refractivity contribution in [3.8, 4) is 0 Å². The Labute approximate surface area is 119 Å². The molecule has 1 heterocycles. The molecule has 0 aromatic heterocycles. The van der Waals surface area contributed by atoms with Gasteiger partial charge < -0.3 is 10.6 Å². The number of benzene rings is 1. The van der Waals surface area contributed by atoms with Crippen molar-refractivity contribution < 1.29 is 4.79 Å². The number of hydrogen-bond donors (Lipinski definition) is 2. The number of carbonyl (C=O) groups is 1. The molecular weight excluding hydrogens is 351 g/mol. The molecule has 2 N–H and O–H groups in total. The molecule has 1 saturated heterocycles. The van der Waals surface area contributed by atoms with E-state index < -0.39 is 0 Å². The molecule has 0 aliphatic carbocycles. The van der Waals surface area contributed by atoms with Crippen LogP contribution in [0.15, 0.2) is 18.2 Å². The molecule has 92 valence electrons. The third-order valence-electron chi connectivity index (χ3n) is 2.89. The summed E-state index contributed by atoms with van der Waals surface area (Å²) in [6.45, 7) is 2.77. The first-order valence-corrected chi connectivity index (χ1v) is 7.06. The molecule has 0 bridgehead atoms. The zero-order valence-electron chi connectivity index (χ0n) is 9.30. The summed E-state index contributed by atoms with van der Waals surface area (Å²) in [6, 6.07) is 5.36. The van der Waals surface area contributed by atoms with Crippen LogP contribution in [0.4, 0.5) is 0 Å². The third-order valence-corrected chi connectivity index (χ3v) is 4.06. The average Bonchev–Trinajstić information content (AvgIpc) is 2.82. The van der Waals surface area contributed by atoms with Crippen LogP contribution in [-0.2, 0) is 0 Å². The average molecular weight is 365 g/mol. The van der Waals surface area contributed by atoms with Crippen LogP contribution in [0.25, 0.3) is 0 Å². The Morgan fingerprint density at radius 1 is 1.59 bits per heavy atom. The van der Waals surface area contributed by atoms with E-state index in [0.29, 0.717) is 16.5 Å². The van der Waals surface area contributed by atoms with E-state index in [2.05, 4.69) is 33.2 Å². The monoisotopic (exact) mass is 364 g/mol. The fourth-order valence-electron chi connectivity index (χ4n) is 1.89. The zero-order valence-corrected chi connectivity index (χ0v) is 12.2. The molecule has 0 saturated carbocycles. The first-order chi connectivity index (χ1) is 8.16. The second-order valence-electron chi connectivity index (χ2n) is 4.19. The number of nitrogens with one attached hydrogen (secondary N) is 2. The minimum absolute atomic E-state index is 0.0381. The lowest BCUT2D eigenvalue weighted by molar-refractivity contribution is 0.0947. The predicted octanol–water partition coefficient (Wildman–Crippen LogP) is 2.28. The molecule has 2 rings (SSSR count). The minimum atomic E-state index is -0.0381. The highest BCUT2D eigenvalue weighted by Crippen LogP contribution is 2.18.